The molecule has 0 aliphatic carbocycles. The number of aryl methyl sites for hydroxylation is 1. The number of rotatable bonds is 8. The first-order chi connectivity index (χ1) is 12.1. The van der Waals surface area contributed by atoms with Gasteiger partial charge in [-0.2, -0.15) is 0 Å². The molecule has 0 bridgehead atoms. The van der Waals surface area contributed by atoms with Crippen molar-refractivity contribution < 1.29 is 28.7 Å². The van der Waals surface area contributed by atoms with E-state index in [1.165, 1.54) is 14.0 Å². The van der Waals surface area contributed by atoms with Crippen LogP contribution >= 0.6 is 0 Å². The van der Waals surface area contributed by atoms with Gasteiger partial charge in [0.1, 0.15) is 11.7 Å². The van der Waals surface area contributed by atoms with Gasteiger partial charge in [0.25, 0.3) is 5.91 Å². The topological polar surface area (TPSA) is 115 Å². The number of hydrogen-bond acceptors (Lipinski definition) is 6. The number of esters is 2. The molecule has 8 nitrogen and oxygen atoms in total. The van der Waals surface area contributed by atoms with Crippen molar-refractivity contribution >= 4 is 23.6 Å². The third-order valence-corrected chi connectivity index (χ3v) is 4.31. The first-order valence-corrected chi connectivity index (χ1v) is 8.38. The Bertz CT molecular complexity index is 707. The van der Waals surface area contributed by atoms with Gasteiger partial charge < -0.3 is 19.8 Å². The molecule has 1 rings (SSSR count). The van der Waals surface area contributed by atoms with Crippen LogP contribution in [0.1, 0.15) is 59.3 Å². The maximum atomic E-state index is 12.2. The zero-order chi connectivity index (χ0) is 20.0. The predicted octanol–water partition coefficient (Wildman–Crippen LogP) is 1.69. The standard InChI is InChI=1S/C18H26N2O6/c1-7-9(2)15(17(23)25-6)20-13(22)8-26-18(24)16-10(3)14(12(5)21)11(4)19-16/h9,15,19H,7-8H2,1-6H3,(H,20,22)/t9-,15-/m1/s1. The fourth-order valence-electron chi connectivity index (χ4n) is 2.70. The Kier molecular flexibility index (Phi) is 7.55. The second-order valence-electron chi connectivity index (χ2n) is 6.21. The first-order valence-electron chi connectivity index (χ1n) is 8.38. The van der Waals surface area contributed by atoms with Crippen molar-refractivity contribution in [2.24, 2.45) is 5.92 Å². The third kappa shape index (κ3) is 4.93. The lowest BCUT2D eigenvalue weighted by atomic mass is 9.99. The summed E-state index contributed by atoms with van der Waals surface area (Å²) in [6.45, 7) is 7.87. The normalized spacial score (nSPS) is 12.8. The largest absolute Gasteiger partial charge is 0.467 e. The van der Waals surface area contributed by atoms with E-state index < -0.39 is 30.5 Å². The van der Waals surface area contributed by atoms with Gasteiger partial charge in [-0.15, -0.1) is 0 Å². The average molecular weight is 366 g/mol. The second-order valence-corrected chi connectivity index (χ2v) is 6.21. The van der Waals surface area contributed by atoms with E-state index in [0.717, 1.165) is 0 Å². The lowest BCUT2D eigenvalue weighted by molar-refractivity contribution is -0.147. The quantitative estimate of drug-likeness (QED) is 0.534. The molecular formula is C18H26N2O6. The summed E-state index contributed by atoms with van der Waals surface area (Å²) in [5, 5.41) is 2.52. The van der Waals surface area contributed by atoms with Gasteiger partial charge in [0.2, 0.25) is 0 Å². The van der Waals surface area contributed by atoms with E-state index in [-0.39, 0.29) is 17.4 Å². The average Bonchev–Trinajstić information content (AvgIpc) is 2.90. The molecule has 0 aromatic carbocycles. The number of Topliss-reactive ketones (excluding diaryl/α,β-unsaturated/α-hetero) is 1. The molecule has 0 saturated carbocycles. The molecule has 0 unspecified atom stereocenters. The lowest BCUT2D eigenvalue weighted by Crippen LogP contribution is -2.47. The smallest absolute Gasteiger partial charge is 0.355 e. The number of nitrogens with one attached hydrogen (secondary N) is 2. The van der Waals surface area contributed by atoms with Crippen LogP contribution in [0.2, 0.25) is 0 Å². The van der Waals surface area contributed by atoms with E-state index in [9.17, 15) is 19.2 Å². The van der Waals surface area contributed by atoms with Crippen LogP contribution in [0, 0.1) is 19.8 Å². The van der Waals surface area contributed by atoms with Crippen molar-refractivity contribution in [1.29, 1.82) is 0 Å². The maximum absolute atomic E-state index is 12.2. The Morgan fingerprint density at radius 2 is 1.81 bits per heavy atom. The summed E-state index contributed by atoms with van der Waals surface area (Å²) in [5.41, 5.74) is 1.61. The molecule has 0 spiro atoms. The highest BCUT2D eigenvalue weighted by Crippen LogP contribution is 2.19. The minimum absolute atomic E-state index is 0.131. The molecule has 2 atom stereocenters. The van der Waals surface area contributed by atoms with Gasteiger partial charge in [0.05, 0.1) is 7.11 Å². The molecule has 0 aliphatic heterocycles. The fraction of sp³-hybridized carbons (Fsp3) is 0.556. The number of amides is 1. The van der Waals surface area contributed by atoms with E-state index in [2.05, 4.69) is 15.0 Å². The maximum Gasteiger partial charge on any atom is 0.355 e. The highest BCUT2D eigenvalue weighted by atomic mass is 16.5. The SMILES string of the molecule is CC[C@@H](C)[C@@H](NC(=O)COC(=O)c1[nH]c(C)c(C(C)=O)c1C)C(=O)OC. The molecule has 1 aromatic heterocycles. The summed E-state index contributed by atoms with van der Waals surface area (Å²) in [4.78, 5) is 50.4. The van der Waals surface area contributed by atoms with E-state index in [0.29, 0.717) is 23.2 Å². The van der Waals surface area contributed by atoms with Crippen molar-refractivity contribution in [3.05, 3.63) is 22.5 Å². The molecule has 0 fully saturated rings. The fourth-order valence-corrected chi connectivity index (χ4v) is 2.70. The number of hydrogen-bond donors (Lipinski definition) is 2. The number of aromatic amines is 1. The molecule has 2 N–H and O–H groups in total. The summed E-state index contributed by atoms with van der Waals surface area (Å²) in [7, 11) is 1.24. The molecule has 0 saturated heterocycles. The first kappa shape index (κ1) is 21.4. The summed E-state index contributed by atoms with van der Waals surface area (Å²) in [5.74, 6) is -2.20. The summed E-state index contributed by atoms with van der Waals surface area (Å²) < 4.78 is 9.69. The molecule has 1 aromatic rings. The third-order valence-electron chi connectivity index (χ3n) is 4.31. The molecule has 144 valence electrons. The van der Waals surface area contributed by atoms with Crippen molar-refractivity contribution in [1.82, 2.24) is 10.3 Å². The van der Waals surface area contributed by atoms with Crippen LogP contribution < -0.4 is 5.32 Å². The number of ether oxygens (including phenoxy) is 2. The van der Waals surface area contributed by atoms with E-state index in [1.54, 1.807) is 13.8 Å². The summed E-state index contributed by atoms with van der Waals surface area (Å²) >= 11 is 0. The van der Waals surface area contributed by atoms with Gasteiger partial charge in [0.15, 0.2) is 12.4 Å². The molecule has 1 heterocycles. The zero-order valence-electron chi connectivity index (χ0n) is 16.0. The van der Waals surface area contributed by atoms with Gasteiger partial charge in [-0.3, -0.25) is 9.59 Å². The molecular weight excluding hydrogens is 340 g/mol. The lowest BCUT2D eigenvalue weighted by Gasteiger charge is -2.21. The van der Waals surface area contributed by atoms with Gasteiger partial charge >= 0.3 is 11.9 Å². The number of H-pyrrole nitrogens is 1. The zero-order valence-corrected chi connectivity index (χ0v) is 16.0. The van der Waals surface area contributed by atoms with Crippen LogP contribution in [0.25, 0.3) is 0 Å². The predicted molar refractivity (Wildman–Crippen MR) is 94.0 cm³/mol. The Labute approximate surface area is 152 Å². The highest BCUT2D eigenvalue weighted by molar-refractivity contribution is 6.01. The van der Waals surface area contributed by atoms with Gasteiger partial charge in [-0.25, -0.2) is 9.59 Å². The summed E-state index contributed by atoms with van der Waals surface area (Å²) in [6, 6.07) is -0.810. The Morgan fingerprint density at radius 3 is 2.27 bits per heavy atom. The minimum Gasteiger partial charge on any atom is -0.467 e. The monoisotopic (exact) mass is 366 g/mol. The van der Waals surface area contributed by atoms with Crippen molar-refractivity contribution in [2.45, 2.75) is 47.1 Å². The second kappa shape index (κ2) is 9.17. The number of methoxy groups -OCH3 is 1. The van der Waals surface area contributed by atoms with E-state index in [4.69, 9.17) is 4.74 Å². The van der Waals surface area contributed by atoms with E-state index in [1.807, 2.05) is 13.8 Å². The number of ketones is 1. The number of aromatic nitrogens is 1. The molecule has 26 heavy (non-hydrogen) atoms. The summed E-state index contributed by atoms with van der Waals surface area (Å²) in [6.07, 6.45) is 0.661. The number of carbonyl (C=O) groups excluding carboxylic acids is 4. The molecule has 0 radical (unpaired) electrons. The Balaban J connectivity index is 2.75. The Morgan fingerprint density at radius 1 is 1.19 bits per heavy atom. The van der Waals surface area contributed by atoms with Gasteiger partial charge in [-0.05, 0) is 32.3 Å². The minimum atomic E-state index is -0.810. The van der Waals surface area contributed by atoms with Crippen LogP contribution in [0.4, 0.5) is 0 Å². The van der Waals surface area contributed by atoms with Crippen LogP contribution in [-0.4, -0.2) is 48.4 Å². The number of carbonyl (C=O) groups is 4. The molecule has 1 amide bonds. The van der Waals surface area contributed by atoms with Crippen molar-refractivity contribution in [2.75, 3.05) is 13.7 Å². The van der Waals surface area contributed by atoms with Gasteiger partial charge in [-0.1, -0.05) is 20.3 Å². The van der Waals surface area contributed by atoms with Crippen molar-refractivity contribution in [3.63, 3.8) is 0 Å². The molecule has 8 heteroatoms. The van der Waals surface area contributed by atoms with Crippen LogP contribution in [-0.2, 0) is 19.1 Å². The highest BCUT2D eigenvalue weighted by Gasteiger charge is 2.27. The molecule has 0 aliphatic rings. The van der Waals surface area contributed by atoms with Gasteiger partial charge in [0, 0.05) is 11.3 Å². The van der Waals surface area contributed by atoms with Crippen LogP contribution in [0.3, 0.4) is 0 Å². The van der Waals surface area contributed by atoms with E-state index >= 15 is 0 Å². The van der Waals surface area contributed by atoms with Crippen LogP contribution in [0.5, 0.6) is 0 Å². The Hall–Kier alpha value is -2.64. The van der Waals surface area contributed by atoms with Crippen molar-refractivity contribution in [3.8, 4) is 0 Å². The van der Waals surface area contributed by atoms with Crippen LogP contribution in [0.15, 0.2) is 0 Å².